The van der Waals surface area contributed by atoms with Crippen molar-refractivity contribution in [3.63, 3.8) is 0 Å². The molecule has 0 radical (unpaired) electrons. The van der Waals surface area contributed by atoms with Gasteiger partial charge in [-0.15, -0.1) is 0 Å². The summed E-state index contributed by atoms with van der Waals surface area (Å²) in [5.41, 5.74) is -0.666. The number of likely N-dealkylation sites (tertiary alicyclic amines) is 1. The zero-order valence-electron chi connectivity index (χ0n) is 8.92. The number of carbonyl (C=O) groups excluding carboxylic acids is 1. The predicted molar refractivity (Wildman–Crippen MR) is 53.6 cm³/mol. The number of ether oxygens (including phenoxy) is 1. The van der Waals surface area contributed by atoms with Gasteiger partial charge >= 0.3 is 5.97 Å². The SMILES string of the molecule is CCN1C[C@@]23C=C[C@@H](O2)[C@H](C(=O)O)[C@H]3C1=O. The van der Waals surface area contributed by atoms with Gasteiger partial charge in [-0.1, -0.05) is 12.2 Å². The Morgan fingerprint density at radius 1 is 1.75 bits per heavy atom. The zero-order valence-corrected chi connectivity index (χ0v) is 8.92. The van der Waals surface area contributed by atoms with Gasteiger partial charge in [0.25, 0.3) is 0 Å². The molecule has 3 heterocycles. The summed E-state index contributed by atoms with van der Waals surface area (Å²) in [5, 5.41) is 9.17. The van der Waals surface area contributed by atoms with Crippen LogP contribution < -0.4 is 0 Å². The molecule has 3 rings (SSSR count). The van der Waals surface area contributed by atoms with Crippen molar-refractivity contribution in [3.05, 3.63) is 12.2 Å². The average molecular weight is 223 g/mol. The summed E-state index contributed by atoms with van der Waals surface area (Å²) in [6.07, 6.45) is 3.22. The lowest BCUT2D eigenvalue weighted by molar-refractivity contribution is -0.148. The van der Waals surface area contributed by atoms with Crippen molar-refractivity contribution in [1.82, 2.24) is 4.90 Å². The Morgan fingerprint density at radius 3 is 3.12 bits per heavy atom. The van der Waals surface area contributed by atoms with E-state index in [2.05, 4.69) is 0 Å². The molecule has 2 fully saturated rings. The third-order valence-corrected chi connectivity index (χ3v) is 3.85. The van der Waals surface area contributed by atoms with E-state index in [1.165, 1.54) is 0 Å². The van der Waals surface area contributed by atoms with E-state index < -0.39 is 29.5 Å². The van der Waals surface area contributed by atoms with Crippen molar-refractivity contribution in [2.24, 2.45) is 11.8 Å². The molecular formula is C11H13NO4. The highest BCUT2D eigenvalue weighted by Crippen LogP contribution is 2.51. The maximum atomic E-state index is 12.1. The first kappa shape index (κ1) is 9.84. The number of carboxylic acids is 1. The van der Waals surface area contributed by atoms with Crippen molar-refractivity contribution < 1.29 is 19.4 Å². The first-order valence-corrected chi connectivity index (χ1v) is 5.48. The first-order valence-electron chi connectivity index (χ1n) is 5.48. The molecule has 3 aliphatic rings. The molecular weight excluding hydrogens is 210 g/mol. The molecule has 0 unspecified atom stereocenters. The molecule has 5 heteroatoms. The fourth-order valence-corrected chi connectivity index (χ4v) is 3.13. The molecule has 0 saturated carbocycles. The second-order valence-electron chi connectivity index (χ2n) is 4.59. The molecule has 1 N–H and O–H groups in total. The molecule has 0 aromatic rings. The minimum atomic E-state index is -0.937. The number of carboxylic acid groups (broad SMARTS) is 1. The number of likely N-dealkylation sites (N-methyl/N-ethyl adjacent to an activating group) is 1. The maximum Gasteiger partial charge on any atom is 0.310 e. The van der Waals surface area contributed by atoms with Crippen molar-refractivity contribution in [2.45, 2.75) is 18.6 Å². The van der Waals surface area contributed by atoms with E-state index in [9.17, 15) is 14.7 Å². The van der Waals surface area contributed by atoms with Gasteiger partial charge in [-0.25, -0.2) is 0 Å². The average Bonchev–Trinajstić information content (AvgIpc) is 2.86. The van der Waals surface area contributed by atoms with Crippen LogP contribution in [0.3, 0.4) is 0 Å². The van der Waals surface area contributed by atoms with Crippen LogP contribution >= 0.6 is 0 Å². The van der Waals surface area contributed by atoms with Crippen LogP contribution in [0.4, 0.5) is 0 Å². The third-order valence-electron chi connectivity index (χ3n) is 3.85. The lowest BCUT2D eigenvalue weighted by Gasteiger charge is -2.21. The molecule has 16 heavy (non-hydrogen) atoms. The molecule has 4 atom stereocenters. The van der Waals surface area contributed by atoms with Crippen LogP contribution in [0.15, 0.2) is 12.2 Å². The Labute approximate surface area is 92.7 Å². The van der Waals surface area contributed by atoms with Gasteiger partial charge in [0.05, 0.1) is 18.6 Å². The van der Waals surface area contributed by atoms with Crippen molar-refractivity contribution in [2.75, 3.05) is 13.1 Å². The number of nitrogens with zero attached hydrogens (tertiary/aromatic N) is 1. The van der Waals surface area contributed by atoms with E-state index in [-0.39, 0.29) is 5.91 Å². The smallest absolute Gasteiger partial charge is 0.310 e. The quantitative estimate of drug-likeness (QED) is 0.662. The molecule has 3 aliphatic heterocycles. The summed E-state index contributed by atoms with van der Waals surface area (Å²) in [4.78, 5) is 24.9. The van der Waals surface area contributed by atoms with Crippen molar-refractivity contribution >= 4 is 11.9 Å². The number of carbonyl (C=O) groups is 2. The minimum absolute atomic E-state index is 0.0817. The summed E-state index contributed by atoms with van der Waals surface area (Å²) in [5.74, 6) is -2.26. The number of rotatable bonds is 2. The highest BCUT2D eigenvalue weighted by atomic mass is 16.5. The molecule has 86 valence electrons. The van der Waals surface area contributed by atoms with E-state index in [4.69, 9.17) is 4.74 Å². The molecule has 0 aliphatic carbocycles. The standard InChI is InChI=1S/C11H13NO4/c1-2-12-5-11-4-3-6(16-11)7(10(14)15)8(11)9(12)13/h3-4,6-8H,2,5H2,1H3,(H,14,15)/t6-,7+,8+,11-/m1/s1. The van der Waals surface area contributed by atoms with Crippen LogP contribution in [0, 0.1) is 11.8 Å². The predicted octanol–water partition coefficient (Wildman–Crippen LogP) is -0.127. The van der Waals surface area contributed by atoms with Crippen LogP contribution in [0.5, 0.6) is 0 Å². The number of amides is 1. The number of hydrogen-bond acceptors (Lipinski definition) is 3. The molecule has 0 aromatic heterocycles. The number of aliphatic carboxylic acids is 1. The largest absolute Gasteiger partial charge is 0.481 e. The number of fused-ring (bicyclic) bond motifs is 1. The van der Waals surface area contributed by atoms with Crippen LogP contribution in [-0.4, -0.2) is 46.7 Å². The lowest BCUT2D eigenvalue weighted by Crippen LogP contribution is -2.39. The van der Waals surface area contributed by atoms with Crippen LogP contribution in [-0.2, 0) is 14.3 Å². The second-order valence-corrected chi connectivity index (χ2v) is 4.59. The molecule has 0 aromatic carbocycles. The lowest BCUT2D eigenvalue weighted by atomic mass is 9.77. The van der Waals surface area contributed by atoms with Gasteiger partial charge in [-0.3, -0.25) is 9.59 Å². The van der Waals surface area contributed by atoms with E-state index in [1.807, 2.05) is 13.0 Å². The van der Waals surface area contributed by atoms with Crippen molar-refractivity contribution in [1.29, 1.82) is 0 Å². The monoisotopic (exact) mass is 223 g/mol. The van der Waals surface area contributed by atoms with E-state index >= 15 is 0 Å². The first-order chi connectivity index (χ1) is 7.59. The Morgan fingerprint density at radius 2 is 2.50 bits per heavy atom. The molecule has 1 spiro atoms. The molecule has 2 bridgehead atoms. The van der Waals surface area contributed by atoms with Crippen LogP contribution in [0.25, 0.3) is 0 Å². The minimum Gasteiger partial charge on any atom is -0.481 e. The van der Waals surface area contributed by atoms with Gasteiger partial charge in [-0.2, -0.15) is 0 Å². The second kappa shape index (κ2) is 2.85. The summed E-state index contributed by atoms with van der Waals surface area (Å²) < 4.78 is 5.71. The molecule has 1 amide bonds. The summed E-state index contributed by atoms with van der Waals surface area (Å²) >= 11 is 0. The number of hydrogen-bond donors (Lipinski definition) is 1. The summed E-state index contributed by atoms with van der Waals surface area (Å²) in [6, 6.07) is 0. The highest BCUT2D eigenvalue weighted by molar-refractivity contribution is 5.90. The topological polar surface area (TPSA) is 66.8 Å². The third kappa shape index (κ3) is 0.942. The van der Waals surface area contributed by atoms with Crippen LogP contribution in [0.1, 0.15) is 6.92 Å². The van der Waals surface area contributed by atoms with Gasteiger partial charge in [0, 0.05) is 6.54 Å². The fourth-order valence-electron chi connectivity index (χ4n) is 3.13. The van der Waals surface area contributed by atoms with Gasteiger partial charge < -0.3 is 14.7 Å². The summed E-state index contributed by atoms with van der Waals surface area (Å²) in [7, 11) is 0. The Bertz CT molecular complexity index is 405. The Balaban J connectivity index is 2.03. The maximum absolute atomic E-state index is 12.1. The van der Waals surface area contributed by atoms with E-state index in [1.54, 1.807) is 11.0 Å². The highest BCUT2D eigenvalue weighted by Gasteiger charge is 2.66. The Hall–Kier alpha value is -1.36. The van der Waals surface area contributed by atoms with Gasteiger partial charge in [0.15, 0.2) is 0 Å². The van der Waals surface area contributed by atoms with E-state index in [0.717, 1.165) is 0 Å². The molecule has 2 saturated heterocycles. The molecule has 5 nitrogen and oxygen atoms in total. The zero-order chi connectivity index (χ0) is 11.5. The van der Waals surface area contributed by atoms with Gasteiger partial charge in [-0.05, 0) is 6.92 Å². The fraction of sp³-hybridized carbons (Fsp3) is 0.636. The summed E-state index contributed by atoms with van der Waals surface area (Å²) in [6.45, 7) is 2.98. The van der Waals surface area contributed by atoms with Crippen molar-refractivity contribution in [3.8, 4) is 0 Å². The van der Waals surface area contributed by atoms with E-state index in [0.29, 0.717) is 13.1 Å². The van der Waals surface area contributed by atoms with Gasteiger partial charge in [0.1, 0.15) is 11.5 Å². The van der Waals surface area contributed by atoms with Gasteiger partial charge in [0.2, 0.25) is 5.91 Å². The normalized spacial score (nSPS) is 44.2. The Kier molecular flexibility index (Phi) is 1.75. The van der Waals surface area contributed by atoms with Crippen LogP contribution in [0.2, 0.25) is 0 Å².